The standard InChI is InChI=1S/C30H30N2O2/c1-29(2,3)21-12-14-25-23(17-21)31-27(33-25)16-9-19-7-10-20(11-8-19)28-32-24-18-22(30(4,5)6)13-15-26(24)34-28/h7-18H,1-6H3/b16-9-. The first kappa shape index (κ1) is 22.1. The second kappa shape index (κ2) is 7.98. The molecule has 3 aromatic carbocycles. The zero-order chi connectivity index (χ0) is 24.1. The van der Waals surface area contributed by atoms with Crippen LogP contribution in [-0.2, 0) is 10.8 Å². The van der Waals surface area contributed by atoms with Crippen LogP contribution in [0.1, 0.15) is 64.1 Å². The molecule has 0 fully saturated rings. The molecule has 172 valence electrons. The summed E-state index contributed by atoms with van der Waals surface area (Å²) in [5.74, 6) is 1.23. The van der Waals surface area contributed by atoms with Gasteiger partial charge in [0.2, 0.25) is 11.8 Å². The molecule has 0 unspecified atom stereocenters. The largest absolute Gasteiger partial charge is 0.437 e. The predicted octanol–water partition coefficient (Wildman–Crippen LogP) is 8.40. The quantitative estimate of drug-likeness (QED) is 0.277. The third kappa shape index (κ3) is 4.41. The van der Waals surface area contributed by atoms with E-state index < -0.39 is 0 Å². The van der Waals surface area contributed by atoms with E-state index in [4.69, 9.17) is 13.8 Å². The molecule has 0 aliphatic rings. The van der Waals surface area contributed by atoms with Crippen LogP contribution in [0.25, 0.3) is 45.8 Å². The van der Waals surface area contributed by atoms with Gasteiger partial charge in [-0.3, -0.25) is 0 Å². The number of nitrogens with zero attached hydrogens (tertiary/aromatic N) is 2. The molecule has 5 rings (SSSR count). The van der Waals surface area contributed by atoms with E-state index in [0.717, 1.165) is 33.3 Å². The van der Waals surface area contributed by atoms with Crippen molar-refractivity contribution in [2.75, 3.05) is 0 Å². The molecular weight excluding hydrogens is 420 g/mol. The molecule has 0 radical (unpaired) electrons. The topological polar surface area (TPSA) is 52.1 Å². The molecule has 2 aromatic heterocycles. The van der Waals surface area contributed by atoms with E-state index in [2.05, 4.69) is 70.8 Å². The Morgan fingerprint density at radius 1 is 0.618 bits per heavy atom. The van der Waals surface area contributed by atoms with Crippen LogP contribution in [0.2, 0.25) is 0 Å². The third-order valence-corrected chi connectivity index (χ3v) is 6.10. The highest BCUT2D eigenvalue weighted by molar-refractivity contribution is 5.79. The van der Waals surface area contributed by atoms with Gasteiger partial charge in [-0.15, -0.1) is 0 Å². The summed E-state index contributed by atoms with van der Waals surface area (Å²) in [4.78, 5) is 9.36. The van der Waals surface area contributed by atoms with Crippen molar-refractivity contribution in [1.29, 1.82) is 0 Å². The van der Waals surface area contributed by atoms with Crippen molar-refractivity contribution in [3.8, 4) is 11.5 Å². The van der Waals surface area contributed by atoms with Crippen LogP contribution in [-0.4, -0.2) is 9.97 Å². The van der Waals surface area contributed by atoms with E-state index >= 15 is 0 Å². The minimum Gasteiger partial charge on any atom is -0.437 e. The van der Waals surface area contributed by atoms with E-state index in [1.165, 1.54) is 11.1 Å². The number of oxazole rings is 2. The van der Waals surface area contributed by atoms with Gasteiger partial charge in [0.15, 0.2) is 11.2 Å². The van der Waals surface area contributed by atoms with Gasteiger partial charge in [-0.1, -0.05) is 65.8 Å². The monoisotopic (exact) mass is 450 g/mol. The first-order valence-electron chi connectivity index (χ1n) is 11.7. The average Bonchev–Trinajstić information content (AvgIpc) is 3.39. The van der Waals surface area contributed by atoms with Crippen LogP contribution in [0.5, 0.6) is 0 Å². The number of benzene rings is 3. The van der Waals surface area contributed by atoms with E-state index in [9.17, 15) is 0 Å². The summed E-state index contributed by atoms with van der Waals surface area (Å²) in [6.07, 6.45) is 3.90. The van der Waals surface area contributed by atoms with Crippen molar-refractivity contribution < 1.29 is 8.83 Å². The molecule has 4 heteroatoms. The molecule has 5 aromatic rings. The Morgan fingerprint density at radius 2 is 1.18 bits per heavy atom. The van der Waals surface area contributed by atoms with Crippen LogP contribution in [0.3, 0.4) is 0 Å². The van der Waals surface area contributed by atoms with Crippen molar-refractivity contribution in [1.82, 2.24) is 9.97 Å². The maximum atomic E-state index is 6.00. The lowest BCUT2D eigenvalue weighted by molar-refractivity contribution is 0.585. The highest BCUT2D eigenvalue weighted by Crippen LogP contribution is 2.30. The first-order chi connectivity index (χ1) is 16.1. The molecule has 0 aliphatic carbocycles. The maximum Gasteiger partial charge on any atom is 0.227 e. The van der Waals surface area contributed by atoms with Crippen molar-refractivity contribution >= 4 is 34.4 Å². The summed E-state index contributed by atoms with van der Waals surface area (Å²) in [6, 6.07) is 20.6. The number of fused-ring (bicyclic) bond motifs is 2. The Morgan fingerprint density at radius 3 is 1.76 bits per heavy atom. The second-order valence-corrected chi connectivity index (χ2v) is 10.9. The molecule has 0 atom stereocenters. The van der Waals surface area contributed by atoms with Crippen LogP contribution in [0.4, 0.5) is 0 Å². The summed E-state index contributed by atoms with van der Waals surface area (Å²) in [7, 11) is 0. The zero-order valence-electron chi connectivity index (χ0n) is 20.6. The molecule has 0 amide bonds. The fourth-order valence-corrected chi connectivity index (χ4v) is 3.90. The highest BCUT2D eigenvalue weighted by atomic mass is 16.4. The van der Waals surface area contributed by atoms with Gasteiger partial charge in [0.05, 0.1) is 0 Å². The summed E-state index contributed by atoms with van der Waals surface area (Å²) in [5, 5.41) is 0. The van der Waals surface area contributed by atoms with Gasteiger partial charge >= 0.3 is 0 Å². The van der Waals surface area contributed by atoms with E-state index in [-0.39, 0.29) is 10.8 Å². The first-order valence-corrected chi connectivity index (χ1v) is 11.7. The molecule has 4 nitrogen and oxygen atoms in total. The molecule has 0 aliphatic heterocycles. The summed E-state index contributed by atoms with van der Waals surface area (Å²) < 4.78 is 11.9. The number of hydrogen-bond donors (Lipinski definition) is 0. The Hall–Kier alpha value is -3.66. The molecule has 0 bridgehead atoms. The fraction of sp³-hybridized carbons (Fsp3) is 0.267. The van der Waals surface area contributed by atoms with E-state index in [0.29, 0.717) is 11.8 Å². The van der Waals surface area contributed by atoms with Crippen molar-refractivity contribution in [3.05, 3.63) is 83.2 Å². The fourth-order valence-electron chi connectivity index (χ4n) is 3.90. The lowest BCUT2D eigenvalue weighted by atomic mass is 9.87. The maximum absolute atomic E-state index is 6.00. The van der Waals surface area contributed by atoms with Crippen LogP contribution >= 0.6 is 0 Å². The molecular formula is C30H30N2O2. The second-order valence-electron chi connectivity index (χ2n) is 10.9. The lowest BCUT2D eigenvalue weighted by Crippen LogP contribution is -2.10. The van der Waals surface area contributed by atoms with Gasteiger partial charge in [-0.05, 0) is 70.0 Å². The van der Waals surface area contributed by atoms with Crippen molar-refractivity contribution in [2.45, 2.75) is 52.4 Å². The Kier molecular flexibility index (Phi) is 5.20. The summed E-state index contributed by atoms with van der Waals surface area (Å²) >= 11 is 0. The molecule has 0 saturated carbocycles. The Labute approximate surface area is 200 Å². The molecule has 34 heavy (non-hydrogen) atoms. The number of aromatic nitrogens is 2. The molecule has 0 N–H and O–H groups in total. The number of rotatable bonds is 3. The molecule has 0 saturated heterocycles. The Balaban J connectivity index is 1.36. The van der Waals surface area contributed by atoms with E-state index in [1.807, 2.05) is 48.6 Å². The van der Waals surface area contributed by atoms with Crippen LogP contribution < -0.4 is 0 Å². The zero-order valence-corrected chi connectivity index (χ0v) is 20.6. The minimum atomic E-state index is 0.0743. The van der Waals surface area contributed by atoms with Crippen LogP contribution in [0, 0.1) is 0 Å². The van der Waals surface area contributed by atoms with Gasteiger partial charge in [-0.25, -0.2) is 9.97 Å². The van der Waals surface area contributed by atoms with Gasteiger partial charge in [0, 0.05) is 11.6 Å². The van der Waals surface area contributed by atoms with E-state index in [1.54, 1.807) is 0 Å². The average molecular weight is 451 g/mol. The minimum absolute atomic E-state index is 0.0743. The summed E-state index contributed by atoms with van der Waals surface area (Å²) in [6.45, 7) is 13.2. The summed E-state index contributed by atoms with van der Waals surface area (Å²) in [5.41, 5.74) is 8.01. The van der Waals surface area contributed by atoms with Gasteiger partial charge in [-0.2, -0.15) is 0 Å². The van der Waals surface area contributed by atoms with Crippen molar-refractivity contribution in [3.63, 3.8) is 0 Å². The lowest BCUT2D eigenvalue weighted by Gasteiger charge is -2.18. The third-order valence-electron chi connectivity index (χ3n) is 6.10. The van der Waals surface area contributed by atoms with Gasteiger partial charge in [0.25, 0.3) is 0 Å². The van der Waals surface area contributed by atoms with Crippen LogP contribution in [0.15, 0.2) is 69.5 Å². The molecule has 0 spiro atoms. The van der Waals surface area contributed by atoms with Gasteiger partial charge in [0.1, 0.15) is 11.0 Å². The normalized spacial score (nSPS) is 12.9. The van der Waals surface area contributed by atoms with Crippen molar-refractivity contribution in [2.24, 2.45) is 0 Å². The smallest absolute Gasteiger partial charge is 0.227 e. The van der Waals surface area contributed by atoms with Gasteiger partial charge < -0.3 is 8.83 Å². The SMILES string of the molecule is CC(C)(C)c1ccc2oc(/C=C\c3ccc(-c4nc5cc(C(C)(C)C)ccc5o4)cc3)nc2c1. The Bertz CT molecular complexity index is 1500. The predicted molar refractivity (Wildman–Crippen MR) is 140 cm³/mol. The number of hydrogen-bond acceptors (Lipinski definition) is 4. The molecule has 2 heterocycles. The highest BCUT2D eigenvalue weighted by Gasteiger charge is 2.17.